The van der Waals surface area contributed by atoms with Crippen molar-refractivity contribution in [2.24, 2.45) is 0 Å². The van der Waals surface area contributed by atoms with Gasteiger partial charge in [-0.1, -0.05) is 39.0 Å². The Balaban J connectivity index is 3.06. The van der Waals surface area contributed by atoms with Gasteiger partial charge < -0.3 is 5.73 Å². The van der Waals surface area contributed by atoms with Crippen molar-refractivity contribution >= 4 is 17.6 Å². The van der Waals surface area contributed by atoms with E-state index < -0.39 is 0 Å². The lowest BCUT2D eigenvalue weighted by Gasteiger charge is -2.09. The van der Waals surface area contributed by atoms with E-state index in [9.17, 15) is 0 Å². The van der Waals surface area contributed by atoms with E-state index in [1.54, 1.807) is 11.8 Å². The number of aromatic nitrogens is 2. The van der Waals surface area contributed by atoms with Gasteiger partial charge in [-0.3, -0.25) is 0 Å². The van der Waals surface area contributed by atoms with E-state index in [0.29, 0.717) is 21.8 Å². The summed E-state index contributed by atoms with van der Waals surface area (Å²) >= 11 is 1.57. The van der Waals surface area contributed by atoms with Gasteiger partial charge in [-0.05, 0) is 12.8 Å². The van der Waals surface area contributed by atoms with Crippen molar-refractivity contribution in [1.82, 2.24) is 9.97 Å². The number of thioether (sulfide) groups is 1. The van der Waals surface area contributed by atoms with Gasteiger partial charge >= 0.3 is 0 Å². The lowest BCUT2D eigenvalue weighted by molar-refractivity contribution is 0.755. The topological polar surface area (TPSA) is 75.6 Å². The zero-order valence-corrected chi connectivity index (χ0v) is 11.3. The largest absolute Gasteiger partial charge is 0.382 e. The number of rotatable bonds is 5. The number of nitrogen functional groups attached to an aromatic ring is 1. The highest BCUT2D eigenvalue weighted by molar-refractivity contribution is 7.99. The molecule has 0 saturated heterocycles. The number of hydrogen-bond donors (Lipinski definition) is 1. The molecular formula is C12H18N4S. The first-order valence-corrected chi connectivity index (χ1v) is 6.69. The molecule has 0 spiro atoms. The molecule has 1 heterocycles. The molecule has 0 aromatic carbocycles. The predicted molar refractivity (Wildman–Crippen MR) is 70.8 cm³/mol. The molecule has 1 rings (SSSR count). The summed E-state index contributed by atoms with van der Waals surface area (Å²) in [6.45, 7) is 6.27. The monoisotopic (exact) mass is 250 g/mol. The average Bonchev–Trinajstić information content (AvgIpc) is 2.25. The molecule has 5 heteroatoms. The van der Waals surface area contributed by atoms with Crippen LogP contribution in [0.2, 0.25) is 0 Å². The molecular weight excluding hydrogens is 232 g/mol. The smallest absolute Gasteiger partial charge is 0.190 e. The Morgan fingerprint density at radius 2 is 2.12 bits per heavy atom. The second kappa shape index (κ2) is 6.45. The summed E-state index contributed by atoms with van der Waals surface area (Å²) in [6.07, 6.45) is 2.87. The summed E-state index contributed by atoms with van der Waals surface area (Å²) in [4.78, 5) is 8.59. The maximum absolute atomic E-state index is 9.05. The highest BCUT2D eigenvalue weighted by Gasteiger charge is 2.12. The zero-order chi connectivity index (χ0) is 12.8. The minimum absolute atomic E-state index is 0.303. The fraction of sp³-hybridized carbons (Fsp3) is 0.583. The van der Waals surface area contributed by atoms with Crippen LogP contribution in [0, 0.1) is 11.3 Å². The quantitative estimate of drug-likeness (QED) is 0.642. The Bertz CT molecular complexity index is 423. The SMILES string of the molecule is CCCCc1nc(SC(C)C)nc(N)c1C#N. The molecule has 0 aliphatic rings. The number of nitriles is 1. The number of aryl methyl sites for hydroxylation is 1. The molecule has 0 aliphatic heterocycles. The van der Waals surface area contributed by atoms with E-state index >= 15 is 0 Å². The maximum Gasteiger partial charge on any atom is 0.190 e. The van der Waals surface area contributed by atoms with Crippen molar-refractivity contribution in [3.05, 3.63) is 11.3 Å². The summed E-state index contributed by atoms with van der Waals surface area (Å²) in [7, 11) is 0. The van der Waals surface area contributed by atoms with Crippen molar-refractivity contribution in [1.29, 1.82) is 5.26 Å². The van der Waals surface area contributed by atoms with Gasteiger partial charge in [0.2, 0.25) is 0 Å². The van der Waals surface area contributed by atoms with Crippen molar-refractivity contribution in [2.45, 2.75) is 50.4 Å². The van der Waals surface area contributed by atoms with Crippen LogP contribution in [0.3, 0.4) is 0 Å². The Morgan fingerprint density at radius 3 is 2.65 bits per heavy atom. The molecule has 0 atom stereocenters. The van der Waals surface area contributed by atoms with E-state index in [4.69, 9.17) is 11.0 Å². The standard InChI is InChI=1S/C12H18N4S/c1-4-5-6-10-9(7-13)11(14)16-12(15-10)17-8(2)3/h8H,4-6H2,1-3H3,(H2,14,15,16). The molecule has 0 unspecified atom stereocenters. The Hall–Kier alpha value is -1.28. The van der Waals surface area contributed by atoms with Gasteiger partial charge in [0.25, 0.3) is 0 Å². The number of unbranched alkanes of at least 4 members (excludes halogenated alkanes) is 1. The van der Waals surface area contributed by atoms with Crippen LogP contribution in [0.5, 0.6) is 0 Å². The third kappa shape index (κ3) is 3.90. The van der Waals surface area contributed by atoms with Crippen molar-refractivity contribution in [3.8, 4) is 6.07 Å². The summed E-state index contributed by atoms with van der Waals surface area (Å²) in [6, 6.07) is 2.09. The van der Waals surface area contributed by atoms with E-state index in [2.05, 4.69) is 36.8 Å². The van der Waals surface area contributed by atoms with Crippen LogP contribution >= 0.6 is 11.8 Å². The van der Waals surface area contributed by atoms with Gasteiger partial charge in [-0.2, -0.15) is 5.26 Å². The van der Waals surface area contributed by atoms with Gasteiger partial charge in [0.1, 0.15) is 17.5 Å². The fourth-order valence-corrected chi connectivity index (χ4v) is 2.15. The number of hydrogen-bond acceptors (Lipinski definition) is 5. The molecule has 4 nitrogen and oxygen atoms in total. The lowest BCUT2D eigenvalue weighted by atomic mass is 10.1. The molecule has 0 bridgehead atoms. The summed E-state index contributed by atoms with van der Waals surface area (Å²) < 4.78 is 0. The second-order valence-electron chi connectivity index (χ2n) is 4.10. The fourth-order valence-electron chi connectivity index (χ4n) is 1.41. The molecule has 0 aliphatic carbocycles. The van der Waals surface area contributed by atoms with E-state index in [1.807, 2.05) is 0 Å². The Labute approximate surface area is 107 Å². The summed E-state index contributed by atoms with van der Waals surface area (Å²) in [5.74, 6) is 0.303. The lowest BCUT2D eigenvalue weighted by Crippen LogP contribution is -2.06. The molecule has 0 fully saturated rings. The zero-order valence-electron chi connectivity index (χ0n) is 10.5. The van der Waals surface area contributed by atoms with Crippen LogP contribution in [0.15, 0.2) is 5.16 Å². The van der Waals surface area contributed by atoms with E-state index in [1.165, 1.54) is 0 Å². The Morgan fingerprint density at radius 1 is 1.41 bits per heavy atom. The molecule has 0 amide bonds. The third-order valence-corrected chi connectivity index (χ3v) is 3.08. The van der Waals surface area contributed by atoms with Crippen LogP contribution in [0.1, 0.15) is 44.9 Å². The molecule has 1 aromatic heterocycles. The minimum Gasteiger partial charge on any atom is -0.382 e. The maximum atomic E-state index is 9.05. The van der Waals surface area contributed by atoms with Crippen LogP contribution in [-0.4, -0.2) is 15.2 Å². The molecule has 0 radical (unpaired) electrons. The van der Waals surface area contributed by atoms with Crippen LogP contribution in [0.4, 0.5) is 5.82 Å². The molecule has 17 heavy (non-hydrogen) atoms. The Kier molecular flexibility index (Phi) is 5.23. The van der Waals surface area contributed by atoms with Gasteiger partial charge in [-0.15, -0.1) is 0 Å². The number of anilines is 1. The van der Waals surface area contributed by atoms with Gasteiger partial charge in [0.15, 0.2) is 5.16 Å². The first-order valence-electron chi connectivity index (χ1n) is 5.81. The van der Waals surface area contributed by atoms with Crippen LogP contribution < -0.4 is 5.73 Å². The van der Waals surface area contributed by atoms with Gasteiger partial charge in [0, 0.05) is 5.25 Å². The highest BCUT2D eigenvalue weighted by Crippen LogP contribution is 2.23. The van der Waals surface area contributed by atoms with Gasteiger partial charge in [0.05, 0.1) is 5.69 Å². The highest BCUT2D eigenvalue weighted by atomic mass is 32.2. The first-order chi connectivity index (χ1) is 8.08. The molecule has 92 valence electrons. The normalized spacial score (nSPS) is 10.5. The van der Waals surface area contributed by atoms with Crippen molar-refractivity contribution in [2.75, 3.05) is 5.73 Å². The summed E-state index contributed by atoms with van der Waals surface area (Å²) in [5.41, 5.74) is 7.01. The first kappa shape index (κ1) is 13.8. The predicted octanol–water partition coefficient (Wildman–Crippen LogP) is 2.77. The van der Waals surface area contributed by atoms with Crippen molar-refractivity contribution in [3.63, 3.8) is 0 Å². The molecule has 0 saturated carbocycles. The van der Waals surface area contributed by atoms with Crippen molar-refractivity contribution < 1.29 is 0 Å². The number of nitrogens with zero attached hydrogens (tertiary/aromatic N) is 3. The summed E-state index contributed by atoms with van der Waals surface area (Å²) in [5, 5.41) is 10.1. The molecule has 1 aromatic rings. The van der Waals surface area contributed by atoms with Crippen LogP contribution in [-0.2, 0) is 6.42 Å². The average molecular weight is 250 g/mol. The third-order valence-electron chi connectivity index (χ3n) is 2.21. The molecule has 2 N–H and O–H groups in total. The second-order valence-corrected chi connectivity index (χ2v) is 5.64. The number of nitrogens with two attached hydrogens (primary N) is 1. The van der Waals surface area contributed by atoms with Crippen LogP contribution in [0.25, 0.3) is 0 Å². The van der Waals surface area contributed by atoms with E-state index in [0.717, 1.165) is 25.0 Å². The van der Waals surface area contributed by atoms with Gasteiger partial charge in [-0.25, -0.2) is 9.97 Å². The van der Waals surface area contributed by atoms with E-state index in [-0.39, 0.29) is 0 Å². The minimum atomic E-state index is 0.303.